The molecule has 2 saturated heterocycles. The summed E-state index contributed by atoms with van der Waals surface area (Å²) >= 11 is 0. The fraction of sp³-hybridized carbons (Fsp3) is 0.536. The molecule has 10 nitrogen and oxygen atoms in total. The van der Waals surface area contributed by atoms with E-state index < -0.39 is 29.2 Å². The molecule has 40 heavy (non-hydrogen) atoms. The lowest BCUT2D eigenvalue weighted by Gasteiger charge is -2.35. The second-order valence-corrected chi connectivity index (χ2v) is 12.7. The second-order valence-electron chi connectivity index (χ2n) is 10.9. The van der Waals surface area contributed by atoms with Crippen molar-refractivity contribution in [2.45, 2.75) is 38.7 Å². The number of benzene rings is 2. The van der Waals surface area contributed by atoms with Gasteiger partial charge < -0.3 is 29.7 Å². The third kappa shape index (κ3) is 6.61. The van der Waals surface area contributed by atoms with Gasteiger partial charge in [0.25, 0.3) is 5.91 Å². The van der Waals surface area contributed by atoms with E-state index >= 15 is 0 Å². The van der Waals surface area contributed by atoms with Gasteiger partial charge in [0.05, 0.1) is 47.8 Å². The number of anilines is 4. The third-order valence-electron chi connectivity index (χ3n) is 8.01. The van der Waals surface area contributed by atoms with Crippen molar-refractivity contribution in [3.8, 4) is 5.75 Å². The van der Waals surface area contributed by atoms with Crippen molar-refractivity contribution in [2.75, 3.05) is 71.8 Å². The molecule has 2 aromatic rings. The molecule has 3 fully saturated rings. The number of piperidine rings is 1. The van der Waals surface area contributed by atoms with Gasteiger partial charge in [-0.3, -0.25) is 9.52 Å². The molecule has 2 heterocycles. The highest BCUT2D eigenvalue weighted by Gasteiger charge is 2.44. The zero-order chi connectivity index (χ0) is 28.3. The Balaban J connectivity index is 1.41. The Morgan fingerprint density at radius 1 is 1.10 bits per heavy atom. The molecular formula is C28H37FN4O6S. The number of sulfonamides is 1. The fourth-order valence-corrected chi connectivity index (χ4v) is 6.36. The number of nitrogens with zero attached hydrogens (tertiary/aromatic N) is 2. The van der Waals surface area contributed by atoms with Crippen molar-refractivity contribution in [1.29, 1.82) is 0 Å². The lowest BCUT2D eigenvalue weighted by Crippen LogP contribution is -2.41. The van der Waals surface area contributed by atoms with Crippen LogP contribution in [0.3, 0.4) is 0 Å². The molecule has 1 atom stereocenters. The molecule has 0 aromatic heterocycles. The number of hydrogen-bond acceptors (Lipinski definition) is 8. The summed E-state index contributed by atoms with van der Waals surface area (Å²) < 4.78 is 51.0. The van der Waals surface area contributed by atoms with E-state index in [1.54, 1.807) is 36.4 Å². The number of halogens is 1. The van der Waals surface area contributed by atoms with E-state index in [0.29, 0.717) is 53.5 Å². The summed E-state index contributed by atoms with van der Waals surface area (Å²) in [6.07, 6.45) is 4.59. The standard InChI is InChI=1S/C28H37FN4O6S/c1-20-18-33(12-14-38-20)25-16-21(2-5-26(25)39-19-29)27(35)30-23-4-3-22(31-40(36,37)15-13-34)17-24(23)32-10-8-28(6-7-28)9-11-32/h2-5,16-17,20,31,34H,6-15,18-19H2,1H3,(H,30,35)/t20-/m1/s1. The van der Waals surface area contributed by atoms with Crippen molar-refractivity contribution in [3.05, 3.63) is 42.0 Å². The largest absolute Gasteiger partial charge is 0.461 e. The van der Waals surface area contributed by atoms with Crippen molar-refractivity contribution in [2.24, 2.45) is 5.41 Å². The molecule has 3 aliphatic rings. The Hall–Kier alpha value is -3.09. The van der Waals surface area contributed by atoms with Crippen molar-refractivity contribution < 1.29 is 32.2 Å². The molecule has 0 radical (unpaired) electrons. The second kappa shape index (κ2) is 11.8. The summed E-state index contributed by atoms with van der Waals surface area (Å²) in [4.78, 5) is 17.7. The number of carbonyl (C=O) groups is 1. The topological polar surface area (TPSA) is 120 Å². The minimum absolute atomic E-state index is 0.0142. The molecule has 1 aliphatic carbocycles. The molecule has 1 spiro atoms. The number of carbonyl (C=O) groups excluding carboxylic acids is 1. The van der Waals surface area contributed by atoms with Gasteiger partial charge in [-0.1, -0.05) is 0 Å². The maximum absolute atomic E-state index is 13.5. The first-order valence-corrected chi connectivity index (χ1v) is 15.4. The van der Waals surface area contributed by atoms with Crippen LogP contribution in [0, 0.1) is 5.41 Å². The van der Waals surface area contributed by atoms with Crippen LogP contribution in [0.15, 0.2) is 36.4 Å². The highest BCUT2D eigenvalue weighted by molar-refractivity contribution is 7.92. The number of nitrogens with one attached hydrogen (secondary N) is 2. The third-order valence-corrected chi connectivity index (χ3v) is 9.28. The summed E-state index contributed by atoms with van der Waals surface area (Å²) in [7, 11) is -3.71. The number of aliphatic hydroxyl groups is 1. The van der Waals surface area contributed by atoms with E-state index in [-0.39, 0.29) is 12.0 Å². The summed E-state index contributed by atoms with van der Waals surface area (Å²) in [5.41, 5.74) is 3.11. The first kappa shape index (κ1) is 28.4. The monoisotopic (exact) mass is 576 g/mol. The van der Waals surface area contributed by atoms with Gasteiger partial charge in [0.15, 0.2) is 0 Å². The van der Waals surface area contributed by atoms with Gasteiger partial charge in [-0.05, 0) is 74.4 Å². The van der Waals surface area contributed by atoms with E-state index in [1.165, 1.54) is 12.8 Å². The Labute approximate surface area is 234 Å². The predicted octanol–water partition coefficient (Wildman–Crippen LogP) is 3.58. The maximum atomic E-state index is 13.5. The average Bonchev–Trinajstić information content (AvgIpc) is 3.68. The first-order valence-electron chi connectivity index (χ1n) is 13.7. The summed E-state index contributed by atoms with van der Waals surface area (Å²) in [6, 6.07) is 9.92. The van der Waals surface area contributed by atoms with E-state index in [2.05, 4.69) is 14.9 Å². The highest BCUT2D eigenvalue weighted by Crippen LogP contribution is 2.54. The van der Waals surface area contributed by atoms with Crippen molar-refractivity contribution in [3.63, 3.8) is 0 Å². The van der Waals surface area contributed by atoms with Crippen LogP contribution in [0.4, 0.5) is 27.1 Å². The van der Waals surface area contributed by atoms with E-state index in [4.69, 9.17) is 14.6 Å². The van der Waals surface area contributed by atoms with Crippen molar-refractivity contribution in [1.82, 2.24) is 0 Å². The Kier molecular flexibility index (Phi) is 8.39. The average molecular weight is 577 g/mol. The SMILES string of the molecule is C[C@@H]1CN(c2cc(C(=O)Nc3ccc(NS(=O)(=O)CCO)cc3N3CCC4(CC3)CC4)ccc2OCF)CCO1. The number of amides is 1. The minimum Gasteiger partial charge on any atom is -0.461 e. The molecule has 2 aromatic carbocycles. The molecule has 2 aliphatic heterocycles. The molecule has 1 saturated carbocycles. The van der Waals surface area contributed by atoms with Crippen LogP contribution >= 0.6 is 0 Å². The van der Waals surface area contributed by atoms with Crippen LogP contribution in [0.2, 0.25) is 0 Å². The highest BCUT2D eigenvalue weighted by atomic mass is 32.2. The van der Waals surface area contributed by atoms with E-state index in [9.17, 15) is 17.6 Å². The number of ether oxygens (including phenoxy) is 2. The number of morpholine rings is 1. The zero-order valence-electron chi connectivity index (χ0n) is 22.7. The maximum Gasteiger partial charge on any atom is 0.255 e. The molecule has 0 bridgehead atoms. The molecule has 3 N–H and O–H groups in total. The molecule has 218 valence electrons. The molecule has 5 rings (SSSR count). The summed E-state index contributed by atoms with van der Waals surface area (Å²) in [5.74, 6) is -0.394. The molecule has 1 amide bonds. The van der Waals surface area contributed by atoms with Crippen molar-refractivity contribution >= 4 is 38.7 Å². The molecular weight excluding hydrogens is 539 g/mol. The first-order chi connectivity index (χ1) is 19.2. The molecule has 0 unspecified atom stereocenters. The lowest BCUT2D eigenvalue weighted by molar-refractivity contribution is 0.0529. The van der Waals surface area contributed by atoms with E-state index in [0.717, 1.165) is 31.6 Å². The van der Waals surface area contributed by atoms with Crippen LogP contribution < -0.4 is 24.6 Å². The Bertz CT molecular complexity index is 1330. The smallest absolute Gasteiger partial charge is 0.255 e. The Morgan fingerprint density at radius 2 is 1.88 bits per heavy atom. The summed E-state index contributed by atoms with van der Waals surface area (Å²) in [6.45, 7) is 3.81. The van der Waals surface area contributed by atoms with Gasteiger partial charge in [0, 0.05) is 31.7 Å². The quantitative estimate of drug-likeness (QED) is 0.393. The van der Waals surface area contributed by atoms with Gasteiger partial charge in [-0.15, -0.1) is 0 Å². The predicted molar refractivity (Wildman–Crippen MR) is 153 cm³/mol. The lowest BCUT2D eigenvalue weighted by atomic mass is 9.93. The van der Waals surface area contributed by atoms with Gasteiger partial charge in [-0.25, -0.2) is 12.8 Å². The van der Waals surface area contributed by atoms with E-state index in [1.807, 2.05) is 11.8 Å². The van der Waals surface area contributed by atoms with Crippen LogP contribution in [0.25, 0.3) is 0 Å². The number of rotatable bonds is 10. The van der Waals surface area contributed by atoms with Gasteiger partial charge >= 0.3 is 0 Å². The van der Waals surface area contributed by atoms with Crippen LogP contribution in [0.1, 0.15) is 43.0 Å². The number of alkyl halides is 1. The van der Waals surface area contributed by atoms with Gasteiger partial charge in [0.1, 0.15) is 5.75 Å². The zero-order valence-corrected chi connectivity index (χ0v) is 23.5. The van der Waals surface area contributed by atoms with Crippen LogP contribution in [-0.4, -0.2) is 77.5 Å². The van der Waals surface area contributed by atoms with Gasteiger partial charge in [-0.2, -0.15) is 0 Å². The summed E-state index contributed by atoms with van der Waals surface area (Å²) in [5, 5.41) is 12.1. The fourth-order valence-electron chi connectivity index (χ4n) is 5.53. The van der Waals surface area contributed by atoms with Gasteiger partial charge in [0.2, 0.25) is 16.9 Å². The number of aliphatic hydroxyl groups excluding tert-OH is 1. The minimum atomic E-state index is -3.71. The normalized spacial score (nSPS) is 20.3. The van der Waals surface area contributed by atoms with Crippen LogP contribution in [0.5, 0.6) is 5.75 Å². The Morgan fingerprint density at radius 3 is 2.55 bits per heavy atom. The number of hydrogen-bond donors (Lipinski definition) is 3. The molecule has 12 heteroatoms. The van der Waals surface area contributed by atoms with Crippen LogP contribution in [-0.2, 0) is 14.8 Å².